The summed E-state index contributed by atoms with van der Waals surface area (Å²) in [6, 6.07) is 4.82. The highest BCUT2D eigenvalue weighted by molar-refractivity contribution is 5.87. The number of hydrogen-bond acceptors (Lipinski definition) is 2. The Morgan fingerprint density at radius 3 is 2.93 bits per heavy atom. The van der Waals surface area contributed by atoms with Crippen molar-refractivity contribution in [3.63, 3.8) is 0 Å². The minimum atomic E-state index is -0.862. The highest BCUT2D eigenvalue weighted by atomic mass is 16.4. The third kappa shape index (κ3) is 1.42. The van der Waals surface area contributed by atoms with Crippen molar-refractivity contribution in [1.29, 1.82) is 0 Å². The second kappa shape index (κ2) is 3.06. The first kappa shape index (κ1) is 8.62. The predicted octanol–water partition coefficient (Wildman–Crippen LogP) is 1.50. The molecule has 72 valence electrons. The molecule has 1 aromatic carbocycles. The van der Waals surface area contributed by atoms with E-state index in [-0.39, 0.29) is 12.2 Å². The summed E-state index contributed by atoms with van der Waals surface area (Å²) in [6.45, 7) is 0. The van der Waals surface area contributed by atoms with E-state index in [1.807, 2.05) is 0 Å². The number of aromatic amines is 1. The van der Waals surface area contributed by atoms with Gasteiger partial charge in [0.2, 0.25) is 0 Å². The van der Waals surface area contributed by atoms with Crippen LogP contribution in [0.4, 0.5) is 0 Å². The smallest absolute Gasteiger partial charge is 0.307 e. The predicted molar refractivity (Wildman–Crippen MR) is 51.3 cm³/mol. The summed E-state index contributed by atoms with van der Waals surface area (Å²) in [6.07, 6.45) is 1.64. The number of aromatic nitrogens is 1. The fourth-order valence-electron chi connectivity index (χ4n) is 1.48. The summed E-state index contributed by atoms with van der Waals surface area (Å²) < 4.78 is 0. The molecule has 0 unspecified atom stereocenters. The molecule has 4 nitrogen and oxygen atoms in total. The van der Waals surface area contributed by atoms with Gasteiger partial charge in [0, 0.05) is 23.2 Å². The average molecular weight is 191 g/mol. The quantitative estimate of drug-likeness (QED) is 0.673. The van der Waals surface area contributed by atoms with Gasteiger partial charge in [0.15, 0.2) is 0 Å². The Kier molecular flexibility index (Phi) is 1.89. The second-order valence-corrected chi connectivity index (χ2v) is 3.11. The average Bonchev–Trinajstić information content (AvgIpc) is 2.47. The Morgan fingerprint density at radius 1 is 1.43 bits per heavy atom. The van der Waals surface area contributed by atoms with E-state index in [1.165, 1.54) is 0 Å². The van der Waals surface area contributed by atoms with Gasteiger partial charge in [0.1, 0.15) is 5.75 Å². The molecule has 0 aliphatic rings. The van der Waals surface area contributed by atoms with Gasteiger partial charge in [-0.3, -0.25) is 4.79 Å². The number of aliphatic carboxylic acids is 1. The van der Waals surface area contributed by atoms with Gasteiger partial charge in [0.25, 0.3) is 0 Å². The molecule has 0 fully saturated rings. The van der Waals surface area contributed by atoms with Crippen LogP contribution in [0.3, 0.4) is 0 Å². The van der Waals surface area contributed by atoms with E-state index >= 15 is 0 Å². The van der Waals surface area contributed by atoms with Crippen LogP contribution in [0.15, 0.2) is 24.4 Å². The third-order valence-electron chi connectivity index (χ3n) is 2.09. The minimum absolute atomic E-state index is 0.00915. The van der Waals surface area contributed by atoms with Gasteiger partial charge in [-0.2, -0.15) is 0 Å². The van der Waals surface area contributed by atoms with Crippen LogP contribution in [-0.2, 0) is 11.2 Å². The van der Waals surface area contributed by atoms with E-state index in [1.54, 1.807) is 24.4 Å². The van der Waals surface area contributed by atoms with Crippen molar-refractivity contribution in [2.45, 2.75) is 6.42 Å². The molecule has 0 bridgehead atoms. The van der Waals surface area contributed by atoms with Crippen LogP contribution in [0.25, 0.3) is 10.9 Å². The number of H-pyrrole nitrogens is 1. The highest BCUT2D eigenvalue weighted by Gasteiger charge is 2.07. The van der Waals surface area contributed by atoms with Gasteiger partial charge in [-0.05, 0) is 17.7 Å². The van der Waals surface area contributed by atoms with Gasteiger partial charge < -0.3 is 15.2 Å². The zero-order valence-electron chi connectivity index (χ0n) is 7.32. The lowest BCUT2D eigenvalue weighted by molar-refractivity contribution is -0.136. The largest absolute Gasteiger partial charge is 0.508 e. The highest BCUT2D eigenvalue weighted by Crippen LogP contribution is 2.22. The molecule has 0 amide bonds. The van der Waals surface area contributed by atoms with Gasteiger partial charge in [0.05, 0.1) is 6.42 Å². The Bertz CT molecular complexity index is 487. The zero-order chi connectivity index (χ0) is 10.1. The lowest BCUT2D eigenvalue weighted by Crippen LogP contribution is -1.98. The van der Waals surface area contributed by atoms with Gasteiger partial charge in [-0.1, -0.05) is 0 Å². The lowest BCUT2D eigenvalue weighted by atomic mass is 10.1. The van der Waals surface area contributed by atoms with Crippen molar-refractivity contribution in [2.75, 3.05) is 0 Å². The summed E-state index contributed by atoms with van der Waals surface area (Å²) >= 11 is 0. The fourth-order valence-corrected chi connectivity index (χ4v) is 1.48. The van der Waals surface area contributed by atoms with Crippen molar-refractivity contribution < 1.29 is 15.0 Å². The van der Waals surface area contributed by atoms with Crippen molar-refractivity contribution in [3.05, 3.63) is 30.0 Å². The van der Waals surface area contributed by atoms with Crippen LogP contribution >= 0.6 is 0 Å². The van der Waals surface area contributed by atoms with Crippen LogP contribution in [-0.4, -0.2) is 21.2 Å². The maximum atomic E-state index is 10.5. The zero-order valence-corrected chi connectivity index (χ0v) is 7.32. The number of carbonyl (C=O) groups is 1. The topological polar surface area (TPSA) is 73.3 Å². The molecule has 2 aromatic rings. The molecular weight excluding hydrogens is 182 g/mol. The van der Waals surface area contributed by atoms with E-state index in [0.29, 0.717) is 0 Å². The number of rotatable bonds is 2. The fraction of sp³-hybridized carbons (Fsp3) is 0.100. The number of aromatic hydroxyl groups is 1. The van der Waals surface area contributed by atoms with Crippen molar-refractivity contribution in [1.82, 2.24) is 4.98 Å². The van der Waals surface area contributed by atoms with Crippen molar-refractivity contribution >= 4 is 16.9 Å². The monoisotopic (exact) mass is 191 g/mol. The van der Waals surface area contributed by atoms with E-state index < -0.39 is 5.97 Å². The van der Waals surface area contributed by atoms with E-state index in [4.69, 9.17) is 5.11 Å². The first-order valence-corrected chi connectivity index (χ1v) is 4.17. The molecule has 0 saturated carbocycles. The molecular formula is C10H9NO3. The Balaban J connectivity index is 2.52. The van der Waals surface area contributed by atoms with Gasteiger partial charge in [-0.15, -0.1) is 0 Å². The summed E-state index contributed by atoms with van der Waals surface area (Å²) in [5, 5.41) is 18.7. The van der Waals surface area contributed by atoms with E-state index in [0.717, 1.165) is 16.5 Å². The molecule has 0 aliphatic carbocycles. The Labute approximate surface area is 79.8 Å². The summed E-state index contributed by atoms with van der Waals surface area (Å²) in [4.78, 5) is 13.4. The molecule has 1 heterocycles. The molecule has 0 saturated heterocycles. The number of phenolic OH excluding ortho intramolecular Hbond substituents is 1. The normalized spacial score (nSPS) is 10.6. The number of carboxylic acid groups (broad SMARTS) is 1. The first-order chi connectivity index (χ1) is 6.66. The summed E-state index contributed by atoms with van der Waals surface area (Å²) in [5.74, 6) is -0.694. The molecule has 1 aromatic heterocycles. The molecule has 0 radical (unpaired) electrons. The molecule has 3 N–H and O–H groups in total. The number of carboxylic acids is 1. The SMILES string of the molecule is O=C(O)Cc1c[nH]c2cc(O)ccc12. The third-order valence-corrected chi connectivity index (χ3v) is 2.09. The number of fused-ring (bicyclic) bond motifs is 1. The molecule has 0 atom stereocenters. The standard InChI is InChI=1S/C10H9NO3/c12-7-1-2-8-6(3-10(13)14)5-11-9(8)4-7/h1-2,4-5,11-12H,3H2,(H,13,14). The number of phenols is 1. The molecule has 14 heavy (non-hydrogen) atoms. The van der Waals surface area contributed by atoms with E-state index in [9.17, 15) is 9.90 Å². The summed E-state index contributed by atoms with van der Waals surface area (Å²) in [7, 11) is 0. The van der Waals surface area contributed by atoms with Crippen LogP contribution in [0, 0.1) is 0 Å². The Hall–Kier alpha value is -1.97. The maximum absolute atomic E-state index is 10.5. The minimum Gasteiger partial charge on any atom is -0.508 e. The van der Waals surface area contributed by atoms with Crippen LogP contribution in [0.2, 0.25) is 0 Å². The molecule has 0 aliphatic heterocycles. The number of hydrogen-bond donors (Lipinski definition) is 3. The van der Waals surface area contributed by atoms with E-state index in [2.05, 4.69) is 4.98 Å². The second-order valence-electron chi connectivity index (χ2n) is 3.11. The van der Waals surface area contributed by atoms with Crippen molar-refractivity contribution in [3.8, 4) is 5.75 Å². The van der Waals surface area contributed by atoms with Crippen molar-refractivity contribution in [2.24, 2.45) is 0 Å². The number of nitrogens with one attached hydrogen (secondary N) is 1. The van der Waals surface area contributed by atoms with Crippen LogP contribution in [0.1, 0.15) is 5.56 Å². The molecule has 0 spiro atoms. The Morgan fingerprint density at radius 2 is 2.21 bits per heavy atom. The van der Waals surface area contributed by atoms with Gasteiger partial charge >= 0.3 is 5.97 Å². The van der Waals surface area contributed by atoms with Crippen LogP contribution < -0.4 is 0 Å². The van der Waals surface area contributed by atoms with Gasteiger partial charge in [-0.25, -0.2) is 0 Å². The maximum Gasteiger partial charge on any atom is 0.307 e. The lowest BCUT2D eigenvalue weighted by Gasteiger charge is -1.95. The summed E-state index contributed by atoms with van der Waals surface area (Å²) in [5.41, 5.74) is 1.48. The number of benzene rings is 1. The first-order valence-electron chi connectivity index (χ1n) is 4.17. The van der Waals surface area contributed by atoms with Crippen LogP contribution in [0.5, 0.6) is 5.75 Å². The molecule has 4 heteroatoms. The molecule has 2 rings (SSSR count).